The second-order valence-corrected chi connectivity index (χ2v) is 7.58. The van der Waals surface area contributed by atoms with Gasteiger partial charge in [-0.2, -0.15) is 0 Å². The number of carbonyl (C=O) groups excluding carboxylic acids is 1. The smallest absolute Gasteiger partial charge is 0.251 e. The number of benzene rings is 1. The second-order valence-electron chi connectivity index (χ2n) is 5.46. The number of guanidine groups is 1. The van der Waals surface area contributed by atoms with Crippen LogP contribution in [0.25, 0.3) is 0 Å². The van der Waals surface area contributed by atoms with Gasteiger partial charge in [0.05, 0.1) is 6.54 Å². The maximum atomic E-state index is 12.1. The fraction of sp³-hybridized carbons (Fsp3) is 0.389. The fourth-order valence-corrected chi connectivity index (χ4v) is 3.35. The lowest BCUT2D eigenvalue weighted by Crippen LogP contribution is -2.41. The number of thiazole rings is 1. The van der Waals surface area contributed by atoms with Crippen LogP contribution in [0.3, 0.4) is 0 Å². The Bertz CT molecular complexity index is 753. The van der Waals surface area contributed by atoms with E-state index in [-0.39, 0.29) is 29.9 Å². The minimum atomic E-state index is -0.0927. The van der Waals surface area contributed by atoms with E-state index >= 15 is 0 Å². The highest BCUT2D eigenvalue weighted by Gasteiger charge is 2.05. The van der Waals surface area contributed by atoms with Crippen molar-refractivity contribution in [2.24, 2.45) is 4.99 Å². The number of aromatic nitrogens is 1. The highest BCUT2D eigenvalue weighted by atomic mass is 127. The number of carbonyl (C=O) groups is 1. The second kappa shape index (κ2) is 13.1. The van der Waals surface area contributed by atoms with E-state index in [1.807, 2.05) is 25.3 Å². The number of aryl methyl sites for hydroxylation is 1. The molecule has 0 fully saturated rings. The van der Waals surface area contributed by atoms with Gasteiger partial charge in [0, 0.05) is 40.7 Å². The first-order chi connectivity index (χ1) is 12.6. The van der Waals surface area contributed by atoms with Crippen molar-refractivity contribution < 1.29 is 4.79 Å². The topological polar surface area (TPSA) is 78.4 Å². The summed E-state index contributed by atoms with van der Waals surface area (Å²) in [4.78, 5) is 22.3. The van der Waals surface area contributed by atoms with Crippen molar-refractivity contribution >= 4 is 63.1 Å². The third-order valence-electron chi connectivity index (χ3n) is 3.46. The van der Waals surface area contributed by atoms with Gasteiger partial charge in [-0.1, -0.05) is 28.9 Å². The van der Waals surface area contributed by atoms with Gasteiger partial charge in [-0.15, -0.1) is 35.3 Å². The van der Waals surface area contributed by atoms with Crippen LogP contribution in [0.2, 0.25) is 0 Å². The molecule has 1 aromatic heterocycles. The summed E-state index contributed by atoms with van der Waals surface area (Å²) in [7, 11) is 0. The quantitative estimate of drug-likeness (QED) is 0.198. The third-order valence-corrected chi connectivity index (χ3v) is 5.08. The Labute approximate surface area is 189 Å². The van der Waals surface area contributed by atoms with Crippen molar-refractivity contribution in [3.63, 3.8) is 0 Å². The van der Waals surface area contributed by atoms with Crippen LogP contribution in [0.1, 0.15) is 34.1 Å². The van der Waals surface area contributed by atoms with Crippen LogP contribution in [0.5, 0.6) is 0 Å². The highest BCUT2D eigenvalue weighted by molar-refractivity contribution is 14.0. The molecular weight excluding hydrogens is 541 g/mol. The number of rotatable bonds is 8. The van der Waals surface area contributed by atoms with E-state index in [2.05, 4.69) is 48.8 Å². The average molecular weight is 566 g/mol. The van der Waals surface area contributed by atoms with E-state index < -0.39 is 0 Å². The van der Waals surface area contributed by atoms with Crippen molar-refractivity contribution in [2.45, 2.75) is 26.8 Å². The van der Waals surface area contributed by atoms with Gasteiger partial charge in [-0.25, -0.2) is 9.98 Å². The van der Waals surface area contributed by atoms with Crippen LogP contribution in [0.15, 0.2) is 39.9 Å². The van der Waals surface area contributed by atoms with Crippen LogP contribution < -0.4 is 16.0 Å². The molecule has 1 amide bonds. The van der Waals surface area contributed by atoms with Gasteiger partial charge in [-0.05, 0) is 31.5 Å². The number of aliphatic imine (C=N–C) groups is 1. The molecule has 3 N–H and O–H groups in total. The Kier molecular flexibility index (Phi) is 11.5. The minimum Gasteiger partial charge on any atom is -0.357 e. The molecule has 2 aromatic rings. The lowest BCUT2D eigenvalue weighted by Gasteiger charge is -2.11. The number of hydrogen-bond donors (Lipinski definition) is 3. The Hall–Kier alpha value is -1.20. The van der Waals surface area contributed by atoms with Gasteiger partial charge in [-0.3, -0.25) is 4.79 Å². The zero-order chi connectivity index (χ0) is 18.8. The molecule has 0 saturated carbocycles. The summed E-state index contributed by atoms with van der Waals surface area (Å²) in [6.07, 6.45) is 2.91. The fourth-order valence-electron chi connectivity index (χ4n) is 2.16. The van der Waals surface area contributed by atoms with Crippen molar-refractivity contribution in [3.8, 4) is 0 Å². The first-order valence-electron chi connectivity index (χ1n) is 8.62. The van der Waals surface area contributed by atoms with Crippen LogP contribution in [-0.2, 0) is 13.0 Å². The number of nitrogens with zero attached hydrogens (tertiary/aromatic N) is 2. The van der Waals surface area contributed by atoms with E-state index in [9.17, 15) is 4.79 Å². The van der Waals surface area contributed by atoms with Crippen molar-refractivity contribution in [1.29, 1.82) is 0 Å². The van der Waals surface area contributed by atoms with Crippen molar-refractivity contribution in [2.75, 3.05) is 19.6 Å². The molecule has 0 saturated heterocycles. The third kappa shape index (κ3) is 8.56. The Morgan fingerprint density at radius 2 is 2.00 bits per heavy atom. The number of halogens is 2. The standard InChI is InChI=1S/C18H24BrN5OS.HI/c1-3-15-11-23-16(26-15)12-24-18(20-4-2)22-9-8-21-17(25)13-6-5-7-14(19)10-13;/h5-7,10-11H,3-4,8-9,12H2,1-2H3,(H,21,25)(H2,20,22,24);1H. The summed E-state index contributed by atoms with van der Waals surface area (Å²) in [6.45, 7) is 6.55. The summed E-state index contributed by atoms with van der Waals surface area (Å²) in [6, 6.07) is 7.32. The summed E-state index contributed by atoms with van der Waals surface area (Å²) < 4.78 is 0.887. The van der Waals surface area contributed by atoms with Crippen LogP contribution in [-0.4, -0.2) is 36.5 Å². The maximum Gasteiger partial charge on any atom is 0.251 e. The predicted molar refractivity (Wildman–Crippen MR) is 126 cm³/mol. The largest absolute Gasteiger partial charge is 0.357 e. The number of nitrogens with one attached hydrogen (secondary N) is 3. The van der Waals surface area contributed by atoms with Gasteiger partial charge in [0.15, 0.2) is 5.96 Å². The van der Waals surface area contributed by atoms with Gasteiger partial charge in [0.2, 0.25) is 0 Å². The summed E-state index contributed by atoms with van der Waals surface area (Å²) in [5, 5.41) is 10.3. The van der Waals surface area contributed by atoms with Gasteiger partial charge < -0.3 is 16.0 Å². The molecule has 0 aliphatic carbocycles. The Morgan fingerprint density at radius 3 is 2.67 bits per heavy atom. The molecule has 148 valence electrons. The molecule has 0 unspecified atom stereocenters. The molecule has 6 nitrogen and oxygen atoms in total. The molecule has 1 aromatic carbocycles. The zero-order valence-electron chi connectivity index (χ0n) is 15.4. The molecule has 0 spiro atoms. The SMILES string of the molecule is CCNC(=NCc1ncc(CC)s1)NCCNC(=O)c1cccc(Br)c1.I. The summed E-state index contributed by atoms with van der Waals surface area (Å²) >= 11 is 5.06. The monoisotopic (exact) mass is 565 g/mol. The first-order valence-corrected chi connectivity index (χ1v) is 10.2. The van der Waals surface area contributed by atoms with Crippen molar-refractivity contribution in [1.82, 2.24) is 20.9 Å². The normalized spacial score (nSPS) is 10.9. The maximum absolute atomic E-state index is 12.1. The van der Waals surface area contributed by atoms with Crippen LogP contribution in [0.4, 0.5) is 0 Å². The van der Waals surface area contributed by atoms with Crippen LogP contribution >= 0.6 is 51.2 Å². The molecule has 0 radical (unpaired) electrons. The predicted octanol–water partition coefficient (Wildman–Crippen LogP) is 3.57. The first kappa shape index (κ1) is 23.8. The van der Waals surface area contributed by atoms with E-state index in [0.29, 0.717) is 25.2 Å². The summed E-state index contributed by atoms with van der Waals surface area (Å²) in [5.41, 5.74) is 0.635. The van der Waals surface area contributed by atoms with Gasteiger partial charge >= 0.3 is 0 Å². The molecule has 27 heavy (non-hydrogen) atoms. The molecular formula is C18H25BrIN5OS. The lowest BCUT2D eigenvalue weighted by atomic mass is 10.2. The van der Waals surface area contributed by atoms with E-state index in [0.717, 1.165) is 28.4 Å². The van der Waals surface area contributed by atoms with Crippen LogP contribution in [0, 0.1) is 0 Å². The van der Waals surface area contributed by atoms with Crippen molar-refractivity contribution in [3.05, 3.63) is 50.4 Å². The molecule has 0 aliphatic rings. The molecule has 0 bridgehead atoms. The van der Waals surface area contributed by atoms with E-state index in [4.69, 9.17) is 0 Å². The van der Waals surface area contributed by atoms with E-state index in [1.165, 1.54) is 4.88 Å². The molecule has 2 rings (SSSR count). The number of hydrogen-bond acceptors (Lipinski definition) is 4. The molecule has 9 heteroatoms. The lowest BCUT2D eigenvalue weighted by molar-refractivity contribution is 0.0954. The van der Waals surface area contributed by atoms with Gasteiger partial charge in [0.25, 0.3) is 5.91 Å². The van der Waals surface area contributed by atoms with E-state index in [1.54, 1.807) is 23.5 Å². The molecule has 1 heterocycles. The van der Waals surface area contributed by atoms with Gasteiger partial charge in [0.1, 0.15) is 5.01 Å². The Balaban J connectivity index is 0.00000364. The summed E-state index contributed by atoms with van der Waals surface area (Å²) in [5.74, 6) is 0.627. The Morgan fingerprint density at radius 1 is 1.22 bits per heavy atom. The molecule has 0 atom stereocenters. The average Bonchev–Trinajstić information content (AvgIpc) is 3.11. The minimum absolute atomic E-state index is 0. The zero-order valence-corrected chi connectivity index (χ0v) is 20.2. The highest BCUT2D eigenvalue weighted by Crippen LogP contribution is 2.14. The molecule has 0 aliphatic heterocycles. The number of amides is 1.